The van der Waals surface area contributed by atoms with E-state index in [1.54, 1.807) is 6.08 Å². The van der Waals surface area contributed by atoms with Gasteiger partial charge >= 0.3 is 0 Å². The SMILES string of the molecule is CC/C=C\C/C=C\C/C=C\C/C=C\CCCCCCCCCCCCCCCCCCCCCCCCC(=O)NC(CO)C(O)/C=C/CCCCCCCCCCCCCC. The number of carbonyl (C=O) groups excluding carboxylic acids is 1. The van der Waals surface area contributed by atoms with Crippen LogP contribution in [0.3, 0.4) is 0 Å². The van der Waals surface area contributed by atoms with Gasteiger partial charge in [-0.2, -0.15) is 0 Å². The van der Waals surface area contributed by atoms with Crippen LogP contribution in [0.1, 0.15) is 277 Å². The summed E-state index contributed by atoms with van der Waals surface area (Å²) in [6, 6.07) is -0.621. The van der Waals surface area contributed by atoms with Gasteiger partial charge in [0.25, 0.3) is 0 Å². The highest BCUT2D eigenvalue weighted by Gasteiger charge is 2.18. The second-order valence-electron chi connectivity index (χ2n) is 18.3. The Morgan fingerprint density at radius 3 is 1.08 bits per heavy atom. The summed E-state index contributed by atoms with van der Waals surface area (Å²) in [6.07, 6.45) is 73.8. The molecule has 0 heterocycles. The van der Waals surface area contributed by atoms with Crippen molar-refractivity contribution in [2.24, 2.45) is 0 Å². The van der Waals surface area contributed by atoms with E-state index < -0.39 is 12.1 Å². The number of aliphatic hydroxyl groups excluding tert-OH is 2. The molecular weight excluding hydrogens is 747 g/mol. The Labute approximate surface area is 381 Å². The Kier molecular flexibility index (Phi) is 50.8. The molecule has 0 aliphatic carbocycles. The largest absolute Gasteiger partial charge is 0.394 e. The van der Waals surface area contributed by atoms with Gasteiger partial charge in [-0.25, -0.2) is 0 Å². The number of nitrogens with one attached hydrogen (secondary N) is 1. The second kappa shape index (κ2) is 52.4. The topological polar surface area (TPSA) is 69.6 Å². The van der Waals surface area contributed by atoms with Gasteiger partial charge in [-0.1, -0.05) is 274 Å². The molecule has 2 unspecified atom stereocenters. The fourth-order valence-electron chi connectivity index (χ4n) is 8.17. The maximum Gasteiger partial charge on any atom is 0.220 e. The van der Waals surface area contributed by atoms with E-state index in [0.717, 1.165) is 51.4 Å². The normalized spacial score (nSPS) is 13.3. The van der Waals surface area contributed by atoms with Crippen LogP contribution in [0.2, 0.25) is 0 Å². The summed E-state index contributed by atoms with van der Waals surface area (Å²) in [4.78, 5) is 12.4. The minimum atomic E-state index is -0.838. The van der Waals surface area contributed by atoms with Crippen LogP contribution in [0, 0.1) is 0 Å². The molecule has 1 amide bonds. The van der Waals surface area contributed by atoms with Crippen molar-refractivity contribution < 1.29 is 15.0 Å². The number of carbonyl (C=O) groups is 1. The third kappa shape index (κ3) is 49.0. The molecule has 0 saturated carbocycles. The van der Waals surface area contributed by atoms with Crippen molar-refractivity contribution >= 4 is 5.91 Å². The van der Waals surface area contributed by atoms with E-state index in [1.165, 1.54) is 205 Å². The van der Waals surface area contributed by atoms with Crippen molar-refractivity contribution in [2.45, 2.75) is 289 Å². The molecule has 0 saturated heterocycles. The number of allylic oxidation sites excluding steroid dienone is 9. The average molecular weight is 852 g/mol. The lowest BCUT2D eigenvalue weighted by atomic mass is 10.0. The molecule has 0 aromatic heterocycles. The molecule has 4 nitrogen and oxygen atoms in total. The minimum Gasteiger partial charge on any atom is -0.394 e. The molecule has 0 spiro atoms. The smallest absolute Gasteiger partial charge is 0.220 e. The lowest BCUT2D eigenvalue weighted by Gasteiger charge is -2.20. The number of unbranched alkanes of at least 4 members (excludes halogenated alkanes) is 34. The molecular formula is C57H105NO3. The van der Waals surface area contributed by atoms with Gasteiger partial charge in [-0.15, -0.1) is 0 Å². The van der Waals surface area contributed by atoms with E-state index in [9.17, 15) is 15.0 Å². The van der Waals surface area contributed by atoms with Crippen LogP contribution in [0.5, 0.6) is 0 Å². The van der Waals surface area contributed by atoms with Crippen molar-refractivity contribution in [3.05, 3.63) is 60.8 Å². The molecule has 0 aliphatic heterocycles. The van der Waals surface area contributed by atoms with Gasteiger partial charge in [-0.05, 0) is 57.8 Å². The third-order valence-corrected chi connectivity index (χ3v) is 12.3. The molecule has 0 aromatic carbocycles. The lowest BCUT2D eigenvalue weighted by Crippen LogP contribution is -2.45. The maximum absolute atomic E-state index is 12.4. The van der Waals surface area contributed by atoms with E-state index in [2.05, 4.69) is 67.8 Å². The molecule has 4 heteroatoms. The number of rotatable bonds is 49. The highest BCUT2D eigenvalue weighted by molar-refractivity contribution is 5.76. The molecule has 356 valence electrons. The van der Waals surface area contributed by atoms with Crippen molar-refractivity contribution in [1.29, 1.82) is 0 Å². The molecule has 0 aromatic rings. The van der Waals surface area contributed by atoms with Crippen LogP contribution in [0.15, 0.2) is 60.8 Å². The van der Waals surface area contributed by atoms with Crippen molar-refractivity contribution in [3.63, 3.8) is 0 Å². The Morgan fingerprint density at radius 1 is 0.410 bits per heavy atom. The summed E-state index contributed by atoms with van der Waals surface area (Å²) in [7, 11) is 0. The molecule has 3 N–H and O–H groups in total. The third-order valence-electron chi connectivity index (χ3n) is 12.3. The molecule has 61 heavy (non-hydrogen) atoms. The molecule has 0 bridgehead atoms. The summed E-state index contributed by atoms with van der Waals surface area (Å²) in [5.41, 5.74) is 0. The fourth-order valence-corrected chi connectivity index (χ4v) is 8.17. The Bertz CT molecular complexity index is 1010. The number of hydrogen-bond acceptors (Lipinski definition) is 3. The maximum atomic E-state index is 12.4. The Morgan fingerprint density at radius 2 is 0.721 bits per heavy atom. The fraction of sp³-hybridized carbons (Fsp3) is 0.807. The Balaban J connectivity index is 3.43. The van der Waals surface area contributed by atoms with Crippen molar-refractivity contribution in [2.75, 3.05) is 6.61 Å². The van der Waals surface area contributed by atoms with Crippen LogP contribution >= 0.6 is 0 Å². The van der Waals surface area contributed by atoms with Gasteiger partial charge in [0.05, 0.1) is 18.8 Å². The first-order valence-corrected chi connectivity index (χ1v) is 27.0. The van der Waals surface area contributed by atoms with Crippen LogP contribution < -0.4 is 5.32 Å². The highest BCUT2D eigenvalue weighted by Crippen LogP contribution is 2.17. The van der Waals surface area contributed by atoms with E-state index in [1.807, 2.05) is 6.08 Å². The summed E-state index contributed by atoms with van der Waals surface area (Å²) >= 11 is 0. The first kappa shape index (κ1) is 59.1. The van der Waals surface area contributed by atoms with Gasteiger partial charge in [0.2, 0.25) is 5.91 Å². The van der Waals surface area contributed by atoms with Crippen LogP contribution in [-0.2, 0) is 4.79 Å². The highest BCUT2D eigenvalue weighted by atomic mass is 16.3. The van der Waals surface area contributed by atoms with E-state index in [-0.39, 0.29) is 12.5 Å². The van der Waals surface area contributed by atoms with Gasteiger partial charge in [0, 0.05) is 6.42 Å². The average Bonchev–Trinajstić information content (AvgIpc) is 3.26. The van der Waals surface area contributed by atoms with Gasteiger partial charge < -0.3 is 15.5 Å². The predicted octanol–water partition coefficient (Wildman–Crippen LogP) is 17.6. The van der Waals surface area contributed by atoms with E-state index in [0.29, 0.717) is 6.42 Å². The zero-order chi connectivity index (χ0) is 44.2. The summed E-state index contributed by atoms with van der Waals surface area (Å²) in [5, 5.41) is 23.1. The number of hydrogen-bond donors (Lipinski definition) is 3. The number of aliphatic hydroxyl groups is 2. The van der Waals surface area contributed by atoms with Gasteiger partial charge in [-0.3, -0.25) is 4.79 Å². The first-order chi connectivity index (χ1) is 30.2. The van der Waals surface area contributed by atoms with Crippen LogP contribution in [0.25, 0.3) is 0 Å². The molecule has 0 aliphatic rings. The molecule has 2 atom stereocenters. The zero-order valence-corrected chi connectivity index (χ0v) is 40.9. The van der Waals surface area contributed by atoms with E-state index >= 15 is 0 Å². The molecule has 0 rings (SSSR count). The second-order valence-corrected chi connectivity index (χ2v) is 18.3. The van der Waals surface area contributed by atoms with Crippen LogP contribution in [0.4, 0.5) is 0 Å². The van der Waals surface area contributed by atoms with Crippen molar-refractivity contribution in [1.82, 2.24) is 5.32 Å². The van der Waals surface area contributed by atoms with Crippen LogP contribution in [-0.4, -0.2) is 34.9 Å². The minimum absolute atomic E-state index is 0.0613. The summed E-state index contributed by atoms with van der Waals surface area (Å²) < 4.78 is 0. The quantitative estimate of drug-likeness (QED) is 0.0422. The summed E-state index contributed by atoms with van der Waals surface area (Å²) in [6.45, 7) is 4.21. The standard InChI is InChI=1S/C57H105NO3/c1-3-5-7-9-11-13-15-17-19-20-21-22-23-24-25-26-27-28-29-30-31-32-33-34-35-36-37-38-39-41-43-45-47-49-51-53-57(61)58-55(54-59)56(60)52-50-48-46-44-42-40-18-16-14-12-10-8-6-4-2/h5,7,11,13,17,19,21-22,50,52,55-56,59-60H,3-4,6,8-10,12,14-16,18,20,23-49,51,53-54H2,1-2H3,(H,58,61)/b7-5-,13-11-,19-17-,22-21-,52-50+. The van der Waals surface area contributed by atoms with Crippen molar-refractivity contribution in [3.8, 4) is 0 Å². The monoisotopic (exact) mass is 852 g/mol. The summed E-state index contributed by atoms with van der Waals surface area (Å²) in [5.74, 6) is -0.0613. The predicted molar refractivity (Wildman–Crippen MR) is 271 cm³/mol. The zero-order valence-electron chi connectivity index (χ0n) is 40.9. The molecule has 0 radical (unpaired) electrons. The Hall–Kier alpha value is -1.91. The van der Waals surface area contributed by atoms with Gasteiger partial charge in [0.15, 0.2) is 0 Å². The van der Waals surface area contributed by atoms with Gasteiger partial charge in [0.1, 0.15) is 0 Å². The first-order valence-electron chi connectivity index (χ1n) is 27.0. The lowest BCUT2D eigenvalue weighted by molar-refractivity contribution is -0.123. The van der Waals surface area contributed by atoms with E-state index in [4.69, 9.17) is 0 Å². The molecule has 0 fully saturated rings. The number of amides is 1.